The Labute approximate surface area is 135 Å². The third kappa shape index (κ3) is 3.36. The van der Waals surface area contributed by atoms with Crippen molar-refractivity contribution in [1.82, 2.24) is 4.98 Å². The van der Waals surface area contributed by atoms with Crippen molar-refractivity contribution in [2.24, 2.45) is 0 Å². The van der Waals surface area contributed by atoms with Gasteiger partial charge >= 0.3 is 6.09 Å². The zero-order chi connectivity index (χ0) is 16.2. The number of nitrogens with zero attached hydrogens (tertiary/aromatic N) is 1. The molecule has 1 aliphatic heterocycles. The molecule has 0 radical (unpaired) electrons. The SMILES string of the molecule is CCOC(=O)Nc1cc2c(cn1)N[C@@H](c1ccccc1)[C@H](C)N2. The molecule has 3 rings (SSSR count). The summed E-state index contributed by atoms with van der Waals surface area (Å²) in [7, 11) is 0. The fourth-order valence-corrected chi connectivity index (χ4v) is 2.68. The van der Waals surface area contributed by atoms with Crippen LogP contribution < -0.4 is 16.0 Å². The highest BCUT2D eigenvalue weighted by molar-refractivity contribution is 5.85. The average molecular weight is 312 g/mol. The zero-order valence-corrected chi connectivity index (χ0v) is 13.2. The molecule has 120 valence electrons. The summed E-state index contributed by atoms with van der Waals surface area (Å²) >= 11 is 0. The molecular formula is C17H20N4O2. The molecule has 1 aromatic heterocycles. The molecule has 2 aromatic rings. The number of benzene rings is 1. The molecule has 2 heterocycles. The fourth-order valence-electron chi connectivity index (χ4n) is 2.68. The minimum Gasteiger partial charge on any atom is -0.450 e. The van der Waals surface area contributed by atoms with E-state index in [1.807, 2.05) is 18.2 Å². The minimum absolute atomic E-state index is 0.161. The van der Waals surface area contributed by atoms with Gasteiger partial charge in [0.1, 0.15) is 5.82 Å². The van der Waals surface area contributed by atoms with Crippen molar-refractivity contribution in [3.8, 4) is 0 Å². The topological polar surface area (TPSA) is 75.3 Å². The molecular weight excluding hydrogens is 292 g/mol. The Kier molecular flexibility index (Phi) is 4.32. The molecule has 1 aromatic carbocycles. The summed E-state index contributed by atoms with van der Waals surface area (Å²) in [6.45, 7) is 4.20. The standard InChI is InChI=1S/C17H20N4O2/c1-3-23-17(22)21-15-9-13-14(10-18-15)20-16(11(2)19-13)12-7-5-4-6-8-12/h4-11,16,19-20H,3H2,1-2H3,(H,18,21,22)/t11-,16+/m0/s1. The van der Waals surface area contributed by atoms with E-state index < -0.39 is 6.09 Å². The maximum Gasteiger partial charge on any atom is 0.412 e. The molecule has 0 fully saturated rings. The summed E-state index contributed by atoms with van der Waals surface area (Å²) in [6, 6.07) is 12.4. The van der Waals surface area contributed by atoms with Crippen LogP contribution in [0.25, 0.3) is 0 Å². The van der Waals surface area contributed by atoms with Crippen LogP contribution in [0.2, 0.25) is 0 Å². The summed E-state index contributed by atoms with van der Waals surface area (Å²) in [4.78, 5) is 15.7. The van der Waals surface area contributed by atoms with Crippen LogP contribution in [0.4, 0.5) is 22.0 Å². The summed E-state index contributed by atoms with van der Waals surface area (Å²) in [6.07, 6.45) is 1.21. The van der Waals surface area contributed by atoms with Gasteiger partial charge in [0.05, 0.1) is 30.2 Å². The van der Waals surface area contributed by atoms with Gasteiger partial charge in [-0.25, -0.2) is 9.78 Å². The van der Waals surface area contributed by atoms with E-state index in [9.17, 15) is 4.79 Å². The molecule has 6 nitrogen and oxygen atoms in total. The Morgan fingerprint density at radius 1 is 1.26 bits per heavy atom. The maximum absolute atomic E-state index is 11.5. The number of pyridine rings is 1. The number of hydrogen-bond donors (Lipinski definition) is 3. The highest BCUT2D eigenvalue weighted by Gasteiger charge is 2.26. The first-order valence-electron chi connectivity index (χ1n) is 7.69. The predicted molar refractivity (Wildman–Crippen MR) is 90.8 cm³/mol. The fraction of sp³-hybridized carbons (Fsp3) is 0.294. The van der Waals surface area contributed by atoms with Crippen LogP contribution in [-0.2, 0) is 4.74 Å². The molecule has 0 saturated carbocycles. The molecule has 0 aliphatic carbocycles. The number of fused-ring (bicyclic) bond motifs is 1. The van der Waals surface area contributed by atoms with Crippen molar-refractivity contribution in [1.29, 1.82) is 0 Å². The van der Waals surface area contributed by atoms with E-state index in [0.29, 0.717) is 12.4 Å². The first-order valence-corrected chi connectivity index (χ1v) is 7.69. The van der Waals surface area contributed by atoms with Gasteiger partial charge in [-0.2, -0.15) is 0 Å². The first-order chi connectivity index (χ1) is 11.2. The first kappa shape index (κ1) is 15.1. The Bertz CT molecular complexity index is 690. The Morgan fingerprint density at radius 3 is 2.78 bits per heavy atom. The number of aromatic nitrogens is 1. The number of ether oxygens (including phenoxy) is 1. The van der Waals surface area contributed by atoms with Gasteiger partial charge in [0.25, 0.3) is 0 Å². The van der Waals surface area contributed by atoms with Gasteiger partial charge < -0.3 is 15.4 Å². The third-order valence-electron chi connectivity index (χ3n) is 3.76. The van der Waals surface area contributed by atoms with Crippen LogP contribution in [0, 0.1) is 0 Å². The Morgan fingerprint density at radius 2 is 2.04 bits per heavy atom. The van der Waals surface area contributed by atoms with E-state index in [1.54, 1.807) is 19.2 Å². The van der Waals surface area contributed by atoms with Crippen molar-refractivity contribution in [2.75, 3.05) is 22.6 Å². The van der Waals surface area contributed by atoms with Crippen molar-refractivity contribution < 1.29 is 9.53 Å². The van der Waals surface area contributed by atoms with Gasteiger partial charge in [0.15, 0.2) is 0 Å². The normalized spacial score (nSPS) is 19.0. The summed E-state index contributed by atoms with van der Waals surface area (Å²) in [5.41, 5.74) is 3.03. The molecule has 0 unspecified atom stereocenters. The molecule has 2 atom stereocenters. The molecule has 23 heavy (non-hydrogen) atoms. The lowest BCUT2D eigenvalue weighted by atomic mass is 9.97. The highest BCUT2D eigenvalue weighted by atomic mass is 16.5. The van der Waals surface area contributed by atoms with Crippen LogP contribution in [0.3, 0.4) is 0 Å². The summed E-state index contributed by atoms with van der Waals surface area (Å²) in [5.74, 6) is 0.460. The van der Waals surface area contributed by atoms with Crippen LogP contribution >= 0.6 is 0 Å². The number of hydrogen-bond acceptors (Lipinski definition) is 5. The lowest BCUT2D eigenvalue weighted by Crippen LogP contribution is -2.34. The lowest BCUT2D eigenvalue weighted by Gasteiger charge is -2.34. The highest BCUT2D eigenvalue weighted by Crippen LogP contribution is 2.35. The number of rotatable bonds is 3. The Balaban J connectivity index is 1.78. The van der Waals surface area contributed by atoms with Gasteiger partial charge in [-0.15, -0.1) is 0 Å². The predicted octanol–water partition coefficient (Wildman–Crippen LogP) is 3.62. The van der Waals surface area contributed by atoms with E-state index in [1.165, 1.54) is 5.56 Å². The largest absolute Gasteiger partial charge is 0.450 e. The number of amides is 1. The van der Waals surface area contributed by atoms with Gasteiger partial charge in [-0.3, -0.25) is 5.32 Å². The number of carbonyl (C=O) groups excluding carboxylic acids is 1. The molecule has 1 aliphatic rings. The number of anilines is 3. The quantitative estimate of drug-likeness (QED) is 0.807. The van der Waals surface area contributed by atoms with E-state index in [4.69, 9.17) is 4.74 Å². The summed E-state index contributed by atoms with van der Waals surface area (Å²) < 4.78 is 4.86. The van der Waals surface area contributed by atoms with Crippen LogP contribution in [0.15, 0.2) is 42.6 Å². The van der Waals surface area contributed by atoms with Gasteiger partial charge in [-0.1, -0.05) is 30.3 Å². The molecule has 0 spiro atoms. The minimum atomic E-state index is -0.501. The smallest absolute Gasteiger partial charge is 0.412 e. The van der Waals surface area contributed by atoms with Crippen LogP contribution in [0.5, 0.6) is 0 Å². The zero-order valence-electron chi connectivity index (χ0n) is 13.2. The van der Waals surface area contributed by atoms with Crippen molar-refractivity contribution in [3.63, 3.8) is 0 Å². The number of carbonyl (C=O) groups is 1. The Hall–Kier alpha value is -2.76. The lowest BCUT2D eigenvalue weighted by molar-refractivity contribution is 0.168. The number of nitrogens with one attached hydrogen (secondary N) is 3. The van der Waals surface area contributed by atoms with Gasteiger partial charge in [0, 0.05) is 12.1 Å². The van der Waals surface area contributed by atoms with E-state index in [2.05, 4.69) is 40.0 Å². The van der Waals surface area contributed by atoms with E-state index >= 15 is 0 Å². The molecule has 1 amide bonds. The van der Waals surface area contributed by atoms with E-state index in [-0.39, 0.29) is 12.1 Å². The molecule has 3 N–H and O–H groups in total. The van der Waals surface area contributed by atoms with Crippen molar-refractivity contribution >= 4 is 23.3 Å². The molecule has 0 saturated heterocycles. The summed E-state index contributed by atoms with van der Waals surface area (Å²) in [5, 5.41) is 9.57. The molecule has 6 heteroatoms. The van der Waals surface area contributed by atoms with Crippen molar-refractivity contribution in [3.05, 3.63) is 48.2 Å². The second kappa shape index (κ2) is 6.56. The van der Waals surface area contributed by atoms with Crippen LogP contribution in [0.1, 0.15) is 25.5 Å². The average Bonchev–Trinajstić information content (AvgIpc) is 2.55. The second-order valence-electron chi connectivity index (χ2n) is 5.43. The van der Waals surface area contributed by atoms with Gasteiger partial charge in [0.2, 0.25) is 0 Å². The van der Waals surface area contributed by atoms with Crippen LogP contribution in [-0.4, -0.2) is 23.7 Å². The van der Waals surface area contributed by atoms with Crippen molar-refractivity contribution in [2.45, 2.75) is 25.9 Å². The van der Waals surface area contributed by atoms with E-state index in [0.717, 1.165) is 11.4 Å². The third-order valence-corrected chi connectivity index (χ3v) is 3.76. The molecule has 0 bridgehead atoms. The maximum atomic E-state index is 11.5. The monoisotopic (exact) mass is 312 g/mol. The second-order valence-corrected chi connectivity index (χ2v) is 5.43. The van der Waals surface area contributed by atoms with Gasteiger partial charge in [-0.05, 0) is 19.4 Å².